The Kier molecular flexibility index (Phi) is 8.48. The first-order chi connectivity index (χ1) is 34.7. The SMILES string of the molecule is c1ccc(-c2ccc(N(c3ccc4c(c3)-c3ccccc3Oc3ccccc3-4)c3ccc4c(c3)-c3ccccc3-c3ccccc3C43c4ccccc4-c4cc5c(cc43)sc3ccccc35)cc2)cc1. The number of fused-ring (bicyclic) bond motifs is 20. The Bertz CT molecular complexity index is 4110. The molecule has 1 atom stereocenters. The molecule has 2 nitrogen and oxygen atoms in total. The van der Waals surface area contributed by atoms with Gasteiger partial charge in [-0.05, 0) is 145 Å². The van der Waals surface area contributed by atoms with Crippen LogP contribution in [0.25, 0.3) is 86.9 Å². The molecule has 1 aromatic heterocycles. The summed E-state index contributed by atoms with van der Waals surface area (Å²) in [5, 5.41) is 2.64. The molecular formula is C67H41NOS. The number of para-hydroxylation sites is 2. The van der Waals surface area contributed by atoms with Gasteiger partial charge in [0.1, 0.15) is 11.5 Å². The van der Waals surface area contributed by atoms with Crippen LogP contribution in [-0.2, 0) is 5.41 Å². The van der Waals surface area contributed by atoms with Gasteiger partial charge in [-0.1, -0.05) is 182 Å². The predicted octanol–water partition coefficient (Wildman–Crippen LogP) is 18.6. The Morgan fingerprint density at radius 3 is 1.50 bits per heavy atom. The fraction of sp³-hybridized carbons (Fsp3) is 0.0149. The second-order valence-electron chi connectivity index (χ2n) is 18.7. The number of rotatable bonds is 4. The lowest BCUT2D eigenvalue weighted by Gasteiger charge is -2.36. The maximum atomic E-state index is 6.67. The summed E-state index contributed by atoms with van der Waals surface area (Å²) in [4.78, 5) is 2.44. The molecule has 2 aliphatic carbocycles. The molecule has 11 aromatic carbocycles. The summed E-state index contributed by atoms with van der Waals surface area (Å²) < 4.78 is 9.29. The van der Waals surface area contributed by atoms with Crippen molar-refractivity contribution >= 4 is 48.6 Å². The van der Waals surface area contributed by atoms with Crippen molar-refractivity contribution in [1.29, 1.82) is 0 Å². The van der Waals surface area contributed by atoms with E-state index in [0.717, 1.165) is 50.8 Å². The molecule has 0 saturated heterocycles. The summed E-state index contributed by atoms with van der Waals surface area (Å²) in [6.45, 7) is 0. The van der Waals surface area contributed by atoms with Crippen LogP contribution in [0.1, 0.15) is 22.3 Å². The minimum Gasteiger partial charge on any atom is -0.456 e. The predicted molar refractivity (Wildman–Crippen MR) is 292 cm³/mol. The first kappa shape index (κ1) is 39.3. The van der Waals surface area contributed by atoms with Gasteiger partial charge in [0.25, 0.3) is 0 Å². The van der Waals surface area contributed by atoms with Crippen LogP contribution in [0.4, 0.5) is 17.1 Å². The molecule has 2 heterocycles. The lowest BCUT2D eigenvalue weighted by atomic mass is 9.66. The Labute approximate surface area is 410 Å². The van der Waals surface area contributed by atoms with Crippen LogP contribution >= 0.6 is 11.3 Å². The van der Waals surface area contributed by atoms with Gasteiger partial charge in [-0.15, -0.1) is 11.3 Å². The third kappa shape index (κ3) is 5.61. The summed E-state index contributed by atoms with van der Waals surface area (Å²) in [5.74, 6) is 1.71. The van der Waals surface area contributed by atoms with Crippen LogP contribution in [0.5, 0.6) is 11.5 Å². The van der Waals surface area contributed by atoms with Gasteiger partial charge >= 0.3 is 0 Å². The van der Waals surface area contributed by atoms with Crippen LogP contribution in [0.2, 0.25) is 0 Å². The van der Waals surface area contributed by atoms with E-state index in [1.165, 1.54) is 86.9 Å². The molecule has 0 radical (unpaired) electrons. The van der Waals surface area contributed by atoms with Gasteiger partial charge in [0.15, 0.2) is 0 Å². The van der Waals surface area contributed by atoms with Crippen LogP contribution in [0.3, 0.4) is 0 Å². The van der Waals surface area contributed by atoms with Gasteiger partial charge in [-0.25, -0.2) is 0 Å². The molecule has 3 aliphatic rings. The molecule has 70 heavy (non-hydrogen) atoms. The van der Waals surface area contributed by atoms with Crippen LogP contribution < -0.4 is 9.64 Å². The number of anilines is 3. The van der Waals surface area contributed by atoms with Crippen molar-refractivity contribution in [2.75, 3.05) is 4.90 Å². The molecule has 0 N–H and O–H groups in total. The molecule has 3 heteroatoms. The smallest absolute Gasteiger partial charge is 0.135 e. The van der Waals surface area contributed by atoms with E-state index in [0.29, 0.717) is 0 Å². The molecule has 0 fully saturated rings. The fourth-order valence-corrected chi connectivity index (χ4v) is 13.3. The highest BCUT2D eigenvalue weighted by atomic mass is 32.1. The highest BCUT2D eigenvalue weighted by Gasteiger charge is 2.50. The molecule has 1 unspecified atom stereocenters. The zero-order valence-corrected chi connectivity index (χ0v) is 38.8. The molecule has 12 aromatic rings. The van der Waals surface area contributed by atoms with Crippen LogP contribution in [0, 0.1) is 0 Å². The second kappa shape index (κ2) is 15.1. The maximum absolute atomic E-state index is 6.67. The lowest BCUT2D eigenvalue weighted by molar-refractivity contribution is 0.488. The summed E-state index contributed by atoms with van der Waals surface area (Å²) in [5.41, 5.74) is 22.2. The summed E-state index contributed by atoms with van der Waals surface area (Å²) in [6.07, 6.45) is 0. The summed E-state index contributed by atoms with van der Waals surface area (Å²) >= 11 is 1.90. The van der Waals surface area contributed by atoms with Crippen molar-refractivity contribution in [3.63, 3.8) is 0 Å². The van der Waals surface area contributed by atoms with Crippen molar-refractivity contribution in [3.05, 3.63) is 271 Å². The number of hydrogen-bond acceptors (Lipinski definition) is 3. The van der Waals surface area contributed by atoms with Crippen molar-refractivity contribution in [2.24, 2.45) is 0 Å². The van der Waals surface area contributed by atoms with Crippen molar-refractivity contribution in [2.45, 2.75) is 5.41 Å². The first-order valence-corrected chi connectivity index (χ1v) is 24.9. The minimum atomic E-state index is -0.608. The monoisotopic (exact) mass is 907 g/mol. The minimum absolute atomic E-state index is 0.608. The number of thiophene rings is 1. The molecule has 326 valence electrons. The zero-order valence-electron chi connectivity index (χ0n) is 37.9. The standard InChI is InChI=1S/C67H41NOS/c1-2-16-42(17-3-1)43-30-32-44(33-31-43)68(45-34-36-49-52-22-8-13-27-63(52)69-64-28-14-9-23-53(64)55(49)38-45)46-35-37-61-56(39-46)48-19-5-4-18-47(48)50-20-6-11-25-59(50)67(61)60-26-12-7-21-51(60)57-40-58-54-24-10-15-29-65(54)70-66(58)41-62(57)67/h1-41H. The molecule has 0 amide bonds. The first-order valence-electron chi connectivity index (χ1n) is 24.1. The quantitative estimate of drug-likeness (QED) is 0.174. The Hall–Kier alpha value is -8.76. The lowest BCUT2D eigenvalue weighted by Crippen LogP contribution is -2.29. The van der Waals surface area contributed by atoms with Crippen molar-refractivity contribution in [3.8, 4) is 78.3 Å². The number of ether oxygens (including phenoxy) is 1. The van der Waals surface area contributed by atoms with E-state index in [-0.39, 0.29) is 0 Å². The molecule has 1 spiro atoms. The van der Waals surface area contributed by atoms with Gasteiger partial charge < -0.3 is 9.64 Å². The van der Waals surface area contributed by atoms with E-state index in [9.17, 15) is 0 Å². The number of hydrogen-bond donors (Lipinski definition) is 0. The average molecular weight is 908 g/mol. The summed E-state index contributed by atoms with van der Waals surface area (Å²) in [7, 11) is 0. The highest BCUT2D eigenvalue weighted by Crippen LogP contribution is 2.63. The largest absolute Gasteiger partial charge is 0.456 e. The molecule has 1 aliphatic heterocycles. The molecule has 0 saturated carbocycles. The van der Waals surface area contributed by atoms with E-state index in [1.54, 1.807) is 0 Å². The third-order valence-electron chi connectivity index (χ3n) is 15.1. The van der Waals surface area contributed by atoms with Gasteiger partial charge in [0, 0.05) is 48.4 Å². The summed E-state index contributed by atoms with van der Waals surface area (Å²) in [6, 6.07) is 92.1. The molecule has 15 rings (SSSR count). The zero-order chi connectivity index (χ0) is 45.9. The fourth-order valence-electron chi connectivity index (χ4n) is 12.1. The van der Waals surface area contributed by atoms with E-state index in [2.05, 4.69) is 248 Å². The second-order valence-corrected chi connectivity index (χ2v) is 19.8. The van der Waals surface area contributed by atoms with E-state index >= 15 is 0 Å². The van der Waals surface area contributed by atoms with Crippen molar-refractivity contribution in [1.82, 2.24) is 0 Å². The Morgan fingerprint density at radius 1 is 0.286 bits per heavy atom. The highest BCUT2D eigenvalue weighted by molar-refractivity contribution is 7.25. The van der Waals surface area contributed by atoms with Crippen molar-refractivity contribution < 1.29 is 4.74 Å². The number of benzene rings is 11. The van der Waals surface area contributed by atoms with Gasteiger partial charge in [-0.3, -0.25) is 0 Å². The normalized spacial score (nSPS) is 14.5. The molecule has 0 bridgehead atoms. The number of nitrogens with zero attached hydrogens (tertiary/aromatic N) is 1. The third-order valence-corrected chi connectivity index (χ3v) is 16.2. The Morgan fingerprint density at radius 2 is 0.771 bits per heavy atom. The van der Waals surface area contributed by atoms with Gasteiger partial charge in [0.05, 0.1) is 5.41 Å². The van der Waals surface area contributed by atoms with E-state index < -0.39 is 5.41 Å². The Balaban J connectivity index is 1.01. The van der Waals surface area contributed by atoms with Crippen LogP contribution in [-0.4, -0.2) is 0 Å². The topological polar surface area (TPSA) is 12.5 Å². The average Bonchev–Trinajstić information content (AvgIpc) is 3.84. The van der Waals surface area contributed by atoms with Gasteiger partial charge in [0.2, 0.25) is 0 Å². The molecular weight excluding hydrogens is 867 g/mol. The van der Waals surface area contributed by atoms with Gasteiger partial charge in [-0.2, -0.15) is 0 Å². The maximum Gasteiger partial charge on any atom is 0.135 e. The van der Waals surface area contributed by atoms with E-state index in [1.807, 2.05) is 17.4 Å². The van der Waals surface area contributed by atoms with E-state index in [4.69, 9.17) is 4.74 Å². The van der Waals surface area contributed by atoms with Crippen LogP contribution in [0.15, 0.2) is 249 Å².